The predicted octanol–water partition coefficient (Wildman–Crippen LogP) is 1.66. The van der Waals surface area contributed by atoms with Crippen LogP contribution in [-0.4, -0.2) is 21.7 Å². The van der Waals surface area contributed by atoms with Crippen molar-refractivity contribution < 1.29 is 9.90 Å². The number of pyridine rings is 1. The zero-order chi connectivity index (χ0) is 14.4. The summed E-state index contributed by atoms with van der Waals surface area (Å²) >= 11 is 0. The molecule has 102 valence electrons. The first-order valence-corrected chi connectivity index (χ1v) is 6.17. The lowest BCUT2D eigenvalue weighted by Crippen LogP contribution is -2.26. The van der Waals surface area contributed by atoms with Crippen LogP contribution in [-0.2, 0) is 4.79 Å². The van der Waals surface area contributed by atoms with E-state index >= 15 is 0 Å². The van der Waals surface area contributed by atoms with Crippen LogP contribution in [0, 0.1) is 0 Å². The second-order valence-electron chi connectivity index (χ2n) is 4.20. The molecule has 2 rings (SSSR count). The number of hydrogen-bond donors (Lipinski definition) is 2. The Morgan fingerprint density at radius 3 is 2.55 bits per heavy atom. The molecule has 1 atom stereocenters. The van der Waals surface area contributed by atoms with Gasteiger partial charge in [0.05, 0.1) is 11.4 Å². The summed E-state index contributed by atoms with van der Waals surface area (Å²) in [7, 11) is 0. The number of rotatable bonds is 4. The largest absolute Gasteiger partial charge is 0.378 e. The SMILES string of the molecule is CC(=NNC(=O)C(O)c1ccccc1)c1ccccn1. The van der Waals surface area contributed by atoms with E-state index in [0.717, 1.165) is 0 Å². The van der Waals surface area contributed by atoms with Crippen molar-refractivity contribution in [1.29, 1.82) is 0 Å². The van der Waals surface area contributed by atoms with Crippen LogP contribution in [0.25, 0.3) is 0 Å². The van der Waals surface area contributed by atoms with E-state index in [1.807, 2.05) is 12.1 Å². The van der Waals surface area contributed by atoms with Gasteiger partial charge in [-0.3, -0.25) is 9.78 Å². The topological polar surface area (TPSA) is 74.6 Å². The van der Waals surface area contributed by atoms with Crippen LogP contribution in [0.15, 0.2) is 59.8 Å². The fraction of sp³-hybridized carbons (Fsp3) is 0.133. The number of aliphatic hydroxyl groups is 1. The van der Waals surface area contributed by atoms with Crippen molar-refractivity contribution in [3.63, 3.8) is 0 Å². The van der Waals surface area contributed by atoms with Crippen LogP contribution in [0.4, 0.5) is 0 Å². The molecule has 0 aliphatic carbocycles. The van der Waals surface area contributed by atoms with Crippen molar-refractivity contribution >= 4 is 11.6 Å². The lowest BCUT2D eigenvalue weighted by molar-refractivity contribution is -0.129. The number of aromatic nitrogens is 1. The van der Waals surface area contributed by atoms with E-state index in [0.29, 0.717) is 17.0 Å². The third-order valence-corrected chi connectivity index (χ3v) is 2.73. The maximum absolute atomic E-state index is 11.8. The zero-order valence-corrected chi connectivity index (χ0v) is 11.0. The van der Waals surface area contributed by atoms with Crippen molar-refractivity contribution in [2.45, 2.75) is 13.0 Å². The summed E-state index contributed by atoms with van der Waals surface area (Å²) < 4.78 is 0. The normalized spacial score (nSPS) is 12.8. The van der Waals surface area contributed by atoms with E-state index in [9.17, 15) is 9.90 Å². The van der Waals surface area contributed by atoms with Gasteiger partial charge in [-0.25, -0.2) is 5.43 Å². The number of nitrogens with one attached hydrogen (secondary N) is 1. The number of amides is 1. The summed E-state index contributed by atoms with van der Waals surface area (Å²) in [6, 6.07) is 14.1. The van der Waals surface area contributed by atoms with Crippen LogP contribution >= 0.6 is 0 Å². The third-order valence-electron chi connectivity index (χ3n) is 2.73. The first-order chi connectivity index (χ1) is 9.68. The summed E-state index contributed by atoms with van der Waals surface area (Å²) in [5.74, 6) is -0.577. The Hall–Kier alpha value is -2.53. The van der Waals surface area contributed by atoms with Crippen molar-refractivity contribution in [3.05, 3.63) is 66.0 Å². The number of aliphatic hydroxyl groups excluding tert-OH is 1. The molecule has 5 heteroatoms. The standard InChI is InChI=1S/C15H15N3O2/c1-11(13-9-5-6-10-16-13)17-18-15(20)14(19)12-7-3-2-4-8-12/h2-10,14,19H,1H3,(H,18,20). The molecule has 1 amide bonds. The third kappa shape index (κ3) is 3.49. The molecule has 1 aromatic carbocycles. The molecule has 0 fully saturated rings. The van der Waals surface area contributed by atoms with Gasteiger partial charge in [0.2, 0.25) is 0 Å². The molecule has 20 heavy (non-hydrogen) atoms. The van der Waals surface area contributed by atoms with Crippen LogP contribution in [0.1, 0.15) is 24.3 Å². The number of carbonyl (C=O) groups is 1. The van der Waals surface area contributed by atoms with Crippen molar-refractivity contribution in [2.75, 3.05) is 0 Å². The summed E-state index contributed by atoms with van der Waals surface area (Å²) in [5.41, 5.74) is 4.10. The molecular weight excluding hydrogens is 254 g/mol. The molecule has 0 bridgehead atoms. The molecule has 0 saturated heterocycles. The molecule has 0 spiro atoms. The predicted molar refractivity (Wildman–Crippen MR) is 76.0 cm³/mol. The van der Waals surface area contributed by atoms with Crippen LogP contribution in [0.3, 0.4) is 0 Å². The number of hydrogen-bond acceptors (Lipinski definition) is 4. The molecule has 1 aromatic heterocycles. The van der Waals surface area contributed by atoms with Gasteiger partial charge in [0, 0.05) is 6.20 Å². The molecule has 0 aliphatic rings. The van der Waals surface area contributed by atoms with Crippen molar-refractivity contribution in [2.24, 2.45) is 5.10 Å². The van der Waals surface area contributed by atoms with Crippen molar-refractivity contribution in [1.82, 2.24) is 10.4 Å². The Balaban J connectivity index is 2.02. The lowest BCUT2D eigenvalue weighted by atomic mass is 10.1. The molecule has 5 nitrogen and oxygen atoms in total. The second-order valence-corrected chi connectivity index (χ2v) is 4.20. The molecule has 0 saturated carbocycles. The van der Waals surface area contributed by atoms with Gasteiger partial charge in [0.25, 0.3) is 5.91 Å². The van der Waals surface area contributed by atoms with E-state index < -0.39 is 12.0 Å². The van der Waals surface area contributed by atoms with Gasteiger partial charge in [0.15, 0.2) is 6.10 Å². The van der Waals surface area contributed by atoms with E-state index in [4.69, 9.17) is 0 Å². The Morgan fingerprint density at radius 2 is 1.90 bits per heavy atom. The van der Waals surface area contributed by atoms with E-state index in [1.165, 1.54) is 0 Å². The minimum atomic E-state index is -1.24. The summed E-state index contributed by atoms with van der Waals surface area (Å²) in [4.78, 5) is 15.9. The number of benzene rings is 1. The minimum Gasteiger partial charge on any atom is -0.378 e. The zero-order valence-electron chi connectivity index (χ0n) is 11.0. The molecule has 2 N–H and O–H groups in total. The van der Waals surface area contributed by atoms with Crippen molar-refractivity contribution in [3.8, 4) is 0 Å². The average molecular weight is 269 g/mol. The van der Waals surface area contributed by atoms with Gasteiger partial charge in [0.1, 0.15) is 0 Å². The Bertz CT molecular complexity index is 597. The lowest BCUT2D eigenvalue weighted by Gasteiger charge is -2.09. The highest BCUT2D eigenvalue weighted by Crippen LogP contribution is 2.11. The van der Waals surface area contributed by atoms with Gasteiger partial charge in [-0.15, -0.1) is 0 Å². The fourth-order valence-electron chi connectivity index (χ4n) is 1.62. The van der Waals surface area contributed by atoms with E-state index in [-0.39, 0.29) is 0 Å². The Morgan fingerprint density at radius 1 is 1.20 bits per heavy atom. The summed E-state index contributed by atoms with van der Waals surface area (Å²) in [6.07, 6.45) is 0.408. The fourth-order valence-corrected chi connectivity index (χ4v) is 1.62. The highest BCUT2D eigenvalue weighted by molar-refractivity contribution is 5.97. The molecule has 0 aliphatic heterocycles. The van der Waals surface area contributed by atoms with Gasteiger partial charge >= 0.3 is 0 Å². The monoisotopic (exact) mass is 269 g/mol. The number of carbonyl (C=O) groups excluding carboxylic acids is 1. The van der Waals surface area contributed by atoms with Gasteiger partial charge < -0.3 is 5.11 Å². The second kappa shape index (κ2) is 6.58. The first-order valence-electron chi connectivity index (χ1n) is 6.17. The average Bonchev–Trinajstić information content (AvgIpc) is 2.53. The number of nitrogens with zero attached hydrogens (tertiary/aromatic N) is 2. The first kappa shape index (κ1) is 13.9. The molecule has 2 aromatic rings. The molecule has 0 radical (unpaired) electrons. The van der Waals surface area contributed by atoms with E-state index in [2.05, 4.69) is 15.5 Å². The highest BCUT2D eigenvalue weighted by Gasteiger charge is 2.16. The minimum absolute atomic E-state index is 0.524. The maximum Gasteiger partial charge on any atom is 0.273 e. The summed E-state index contributed by atoms with van der Waals surface area (Å²) in [6.45, 7) is 1.73. The molecule has 1 heterocycles. The highest BCUT2D eigenvalue weighted by atomic mass is 16.3. The van der Waals surface area contributed by atoms with Crippen LogP contribution < -0.4 is 5.43 Å². The Kier molecular flexibility index (Phi) is 4.57. The molecular formula is C15H15N3O2. The maximum atomic E-state index is 11.8. The summed E-state index contributed by atoms with van der Waals surface area (Å²) in [5, 5.41) is 13.8. The smallest absolute Gasteiger partial charge is 0.273 e. The Labute approximate surface area is 117 Å². The molecule has 1 unspecified atom stereocenters. The van der Waals surface area contributed by atoms with Gasteiger partial charge in [-0.2, -0.15) is 5.10 Å². The van der Waals surface area contributed by atoms with E-state index in [1.54, 1.807) is 49.5 Å². The quantitative estimate of drug-likeness (QED) is 0.654. The van der Waals surface area contributed by atoms with Gasteiger partial charge in [-0.1, -0.05) is 36.4 Å². The van der Waals surface area contributed by atoms with Crippen LogP contribution in [0.2, 0.25) is 0 Å². The van der Waals surface area contributed by atoms with Gasteiger partial charge in [-0.05, 0) is 24.6 Å². The number of hydrazone groups is 1. The van der Waals surface area contributed by atoms with Crippen LogP contribution in [0.5, 0.6) is 0 Å².